The Morgan fingerprint density at radius 3 is 3.12 bits per heavy atom. The van der Waals surface area contributed by atoms with Gasteiger partial charge >= 0.3 is 0 Å². The summed E-state index contributed by atoms with van der Waals surface area (Å²) in [6, 6.07) is 0. The maximum Gasteiger partial charge on any atom is 0.103 e. The zero-order valence-corrected chi connectivity index (χ0v) is 6.04. The molecular formula is C6H12OS. The van der Waals surface area contributed by atoms with E-state index in [-0.39, 0.29) is 0 Å². The summed E-state index contributed by atoms with van der Waals surface area (Å²) in [5.74, 6) is 1.30. The molecule has 0 spiro atoms. The van der Waals surface area contributed by atoms with E-state index in [0.29, 0.717) is 5.44 Å². The molecule has 0 radical (unpaired) electrons. The maximum absolute atomic E-state index is 5.37. The first-order chi connectivity index (χ1) is 3.93. The molecule has 48 valence electrons. The highest BCUT2D eigenvalue weighted by molar-refractivity contribution is 8.00. The van der Waals surface area contributed by atoms with Crippen LogP contribution in [0.25, 0.3) is 0 Å². The molecule has 1 saturated heterocycles. The van der Waals surface area contributed by atoms with Gasteiger partial charge in [-0.15, -0.1) is 11.8 Å². The van der Waals surface area contributed by atoms with E-state index in [1.54, 1.807) is 0 Å². The van der Waals surface area contributed by atoms with Crippen molar-refractivity contribution in [2.75, 3.05) is 12.4 Å². The average Bonchev–Trinajstić information content (AvgIpc) is 2.19. The van der Waals surface area contributed by atoms with E-state index < -0.39 is 0 Å². The summed E-state index contributed by atoms with van der Waals surface area (Å²) in [7, 11) is 0. The highest BCUT2D eigenvalue weighted by Crippen LogP contribution is 2.26. The minimum absolute atomic E-state index is 0.528. The summed E-state index contributed by atoms with van der Waals surface area (Å²) in [5, 5.41) is 0. The predicted molar refractivity (Wildman–Crippen MR) is 37.1 cm³/mol. The quantitative estimate of drug-likeness (QED) is 0.567. The Bertz CT molecular complexity index is 59.5. The Morgan fingerprint density at radius 2 is 2.62 bits per heavy atom. The fourth-order valence-electron chi connectivity index (χ4n) is 0.865. The van der Waals surface area contributed by atoms with Crippen LogP contribution in [-0.2, 0) is 4.74 Å². The van der Waals surface area contributed by atoms with Crippen molar-refractivity contribution >= 4 is 11.8 Å². The molecule has 8 heavy (non-hydrogen) atoms. The van der Waals surface area contributed by atoms with Crippen molar-refractivity contribution in [1.82, 2.24) is 0 Å². The molecule has 0 bridgehead atoms. The van der Waals surface area contributed by atoms with Crippen molar-refractivity contribution < 1.29 is 4.74 Å². The van der Waals surface area contributed by atoms with E-state index in [4.69, 9.17) is 4.74 Å². The lowest BCUT2D eigenvalue weighted by molar-refractivity contribution is 0.123. The number of rotatable bonds is 2. The van der Waals surface area contributed by atoms with Gasteiger partial charge in [0.2, 0.25) is 0 Å². The van der Waals surface area contributed by atoms with Crippen LogP contribution in [0.4, 0.5) is 0 Å². The lowest BCUT2D eigenvalue weighted by Crippen LogP contribution is -2.01. The lowest BCUT2D eigenvalue weighted by atomic mass is 10.4. The van der Waals surface area contributed by atoms with Gasteiger partial charge in [0, 0.05) is 6.61 Å². The van der Waals surface area contributed by atoms with E-state index in [1.807, 2.05) is 11.8 Å². The summed E-state index contributed by atoms with van der Waals surface area (Å²) in [4.78, 5) is 0. The summed E-state index contributed by atoms with van der Waals surface area (Å²) in [6.07, 6.45) is 2.60. The van der Waals surface area contributed by atoms with Gasteiger partial charge in [0.15, 0.2) is 0 Å². The van der Waals surface area contributed by atoms with Gasteiger partial charge < -0.3 is 4.74 Å². The topological polar surface area (TPSA) is 9.23 Å². The van der Waals surface area contributed by atoms with Crippen molar-refractivity contribution in [2.45, 2.75) is 25.2 Å². The second-order valence-corrected chi connectivity index (χ2v) is 3.17. The second kappa shape index (κ2) is 3.36. The molecule has 0 aliphatic carbocycles. The Morgan fingerprint density at radius 1 is 1.75 bits per heavy atom. The van der Waals surface area contributed by atoms with Crippen LogP contribution < -0.4 is 0 Å². The van der Waals surface area contributed by atoms with Gasteiger partial charge in [0.25, 0.3) is 0 Å². The van der Waals surface area contributed by atoms with Gasteiger partial charge in [0.05, 0.1) is 0 Å². The van der Waals surface area contributed by atoms with Gasteiger partial charge in [-0.25, -0.2) is 0 Å². The predicted octanol–water partition coefficient (Wildman–Crippen LogP) is 1.88. The van der Waals surface area contributed by atoms with Crippen LogP contribution in [-0.4, -0.2) is 17.8 Å². The summed E-state index contributed by atoms with van der Waals surface area (Å²) in [6.45, 7) is 2.93. The smallest absolute Gasteiger partial charge is 0.103 e. The number of ether oxygens (including phenoxy) is 1. The van der Waals surface area contributed by atoms with Gasteiger partial charge in [-0.3, -0.25) is 0 Å². The van der Waals surface area contributed by atoms with Gasteiger partial charge in [0.1, 0.15) is 5.44 Å². The van der Waals surface area contributed by atoms with Crippen LogP contribution in [0.2, 0.25) is 0 Å². The van der Waals surface area contributed by atoms with Crippen molar-refractivity contribution in [3.05, 3.63) is 0 Å². The number of hydrogen-bond donors (Lipinski definition) is 0. The van der Waals surface area contributed by atoms with Gasteiger partial charge in [-0.05, 0) is 25.5 Å². The number of thioether (sulfide) groups is 1. The van der Waals surface area contributed by atoms with Gasteiger partial charge in [-0.1, -0.05) is 0 Å². The molecule has 0 amide bonds. The molecule has 1 fully saturated rings. The van der Waals surface area contributed by atoms with E-state index in [2.05, 4.69) is 6.92 Å². The molecule has 1 unspecified atom stereocenters. The highest BCUT2D eigenvalue weighted by Gasteiger charge is 2.13. The fourth-order valence-corrected chi connectivity index (χ4v) is 2.03. The zero-order chi connectivity index (χ0) is 5.82. The number of hydrogen-bond acceptors (Lipinski definition) is 2. The maximum atomic E-state index is 5.37. The fraction of sp³-hybridized carbons (Fsp3) is 1.00. The van der Waals surface area contributed by atoms with Crippen molar-refractivity contribution in [3.63, 3.8) is 0 Å². The Labute approximate surface area is 54.8 Å². The molecule has 1 atom stereocenters. The van der Waals surface area contributed by atoms with E-state index in [1.165, 1.54) is 18.6 Å². The third-order valence-electron chi connectivity index (χ3n) is 1.24. The molecule has 1 aliphatic rings. The second-order valence-electron chi connectivity index (χ2n) is 1.90. The van der Waals surface area contributed by atoms with Crippen LogP contribution in [0.5, 0.6) is 0 Å². The summed E-state index contributed by atoms with van der Waals surface area (Å²) in [5.41, 5.74) is 0.528. The Balaban J connectivity index is 2.06. The van der Waals surface area contributed by atoms with E-state index >= 15 is 0 Å². The molecule has 2 heteroatoms. The van der Waals surface area contributed by atoms with Crippen LogP contribution in [0.1, 0.15) is 19.8 Å². The molecule has 0 aromatic rings. The molecule has 0 aromatic heterocycles. The van der Waals surface area contributed by atoms with E-state index in [9.17, 15) is 0 Å². The van der Waals surface area contributed by atoms with Crippen molar-refractivity contribution in [3.8, 4) is 0 Å². The zero-order valence-electron chi connectivity index (χ0n) is 5.22. The Hall–Kier alpha value is 0.310. The highest BCUT2D eigenvalue weighted by atomic mass is 32.2. The monoisotopic (exact) mass is 132 g/mol. The Kier molecular flexibility index (Phi) is 2.70. The molecule has 1 nitrogen and oxygen atoms in total. The van der Waals surface area contributed by atoms with E-state index in [0.717, 1.165) is 6.61 Å². The van der Waals surface area contributed by atoms with Crippen molar-refractivity contribution in [2.24, 2.45) is 0 Å². The molecular weight excluding hydrogens is 120 g/mol. The first kappa shape index (κ1) is 6.43. The van der Waals surface area contributed by atoms with Crippen LogP contribution in [0, 0.1) is 0 Å². The standard InChI is InChI=1S/C6H12OS/c1-2-7-6-4-3-5-8-6/h6H,2-5H2,1H3. The third kappa shape index (κ3) is 1.67. The molecule has 1 heterocycles. The van der Waals surface area contributed by atoms with Crippen LogP contribution >= 0.6 is 11.8 Å². The first-order valence-corrected chi connectivity index (χ1v) is 4.21. The largest absolute Gasteiger partial charge is 0.368 e. The van der Waals surface area contributed by atoms with Gasteiger partial charge in [-0.2, -0.15) is 0 Å². The normalized spacial score (nSPS) is 28.9. The average molecular weight is 132 g/mol. The molecule has 1 aliphatic heterocycles. The van der Waals surface area contributed by atoms with Crippen molar-refractivity contribution in [1.29, 1.82) is 0 Å². The molecule has 0 saturated carbocycles. The molecule has 0 aromatic carbocycles. The SMILES string of the molecule is CCOC1CCCS1. The third-order valence-corrected chi connectivity index (χ3v) is 2.51. The van der Waals surface area contributed by atoms with Crippen LogP contribution in [0.15, 0.2) is 0 Å². The van der Waals surface area contributed by atoms with Crippen LogP contribution in [0.3, 0.4) is 0 Å². The summed E-state index contributed by atoms with van der Waals surface area (Å²) < 4.78 is 5.37. The lowest BCUT2D eigenvalue weighted by Gasteiger charge is -2.05. The molecule has 1 rings (SSSR count). The summed E-state index contributed by atoms with van der Waals surface area (Å²) >= 11 is 1.94. The first-order valence-electron chi connectivity index (χ1n) is 3.16. The minimum Gasteiger partial charge on any atom is -0.368 e. The molecule has 0 N–H and O–H groups in total. The minimum atomic E-state index is 0.528.